The van der Waals surface area contributed by atoms with Gasteiger partial charge in [-0.2, -0.15) is 0 Å². The highest BCUT2D eigenvalue weighted by Crippen LogP contribution is 2.30. The molecule has 88 valence electrons. The SMILES string of the molecule is C#Cc1cccc(-c2ccccc2OC(N)=O)c1. The second-order valence-corrected chi connectivity index (χ2v) is 3.64. The lowest BCUT2D eigenvalue weighted by Crippen LogP contribution is -2.16. The van der Waals surface area contributed by atoms with Gasteiger partial charge in [-0.15, -0.1) is 6.42 Å². The number of carbonyl (C=O) groups excluding carboxylic acids is 1. The van der Waals surface area contributed by atoms with E-state index >= 15 is 0 Å². The van der Waals surface area contributed by atoms with E-state index in [2.05, 4.69) is 5.92 Å². The van der Waals surface area contributed by atoms with Crippen molar-refractivity contribution in [1.29, 1.82) is 0 Å². The molecule has 0 radical (unpaired) electrons. The minimum absolute atomic E-state index is 0.416. The molecular weight excluding hydrogens is 226 g/mol. The van der Waals surface area contributed by atoms with Gasteiger partial charge in [0.1, 0.15) is 5.75 Å². The molecule has 2 aromatic rings. The van der Waals surface area contributed by atoms with Crippen molar-refractivity contribution in [2.75, 3.05) is 0 Å². The fourth-order valence-electron chi connectivity index (χ4n) is 1.68. The van der Waals surface area contributed by atoms with Crippen molar-refractivity contribution in [1.82, 2.24) is 0 Å². The highest BCUT2D eigenvalue weighted by molar-refractivity contribution is 5.76. The molecule has 0 aliphatic heterocycles. The van der Waals surface area contributed by atoms with Crippen LogP contribution in [0.4, 0.5) is 4.79 Å². The average molecular weight is 237 g/mol. The number of benzene rings is 2. The summed E-state index contributed by atoms with van der Waals surface area (Å²) in [5, 5.41) is 0. The number of terminal acetylenes is 1. The summed E-state index contributed by atoms with van der Waals surface area (Å²) in [6.07, 6.45) is 4.52. The molecule has 0 atom stereocenters. The van der Waals surface area contributed by atoms with Crippen molar-refractivity contribution in [3.05, 3.63) is 54.1 Å². The first-order valence-corrected chi connectivity index (χ1v) is 5.34. The topological polar surface area (TPSA) is 52.3 Å². The molecule has 0 bridgehead atoms. The van der Waals surface area contributed by atoms with E-state index in [1.54, 1.807) is 12.1 Å². The minimum atomic E-state index is -0.837. The van der Waals surface area contributed by atoms with Gasteiger partial charge in [0.25, 0.3) is 0 Å². The van der Waals surface area contributed by atoms with E-state index in [1.807, 2.05) is 36.4 Å². The van der Waals surface area contributed by atoms with Crippen LogP contribution in [0.2, 0.25) is 0 Å². The predicted molar refractivity (Wildman–Crippen MR) is 70.0 cm³/mol. The first kappa shape index (κ1) is 11.7. The van der Waals surface area contributed by atoms with E-state index in [0.717, 1.165) is 16.7 Å². The largest absolute Gasteiger partial charge is 0.410 e. The second-order valence-electron chi connectivity index (χ2n) is 3.64. The third-order valence-electron chi connectivity index (χ3n) is 2.44. The van der Waals surface area contributed by atoms with Gasteiger partial charge in [-0.1, -0.05) is 36.3 Å². The Kier molecular flexibility index (Phi) is 3.31. The van der Waals surface area contributed by atoms with Crippen LogP contribution in [0.1, 0.15) is 5.56 Å². The Morgan fingerprint density at radius 1 is 1.17 bits per heavy atom. The van der Waals surface area contributed by atoms with Crippen LogP contribution in [0.25, 0.3) is 11.1 Å². The third-order valence-corrected chi connectivity index (χ3v) is 2.44. The van der Waals surface area contributed by atoms with Crippen LogP contribution < -0.4 is 10.5 Å². The number of amides is 1. The zero-order chi connectivity index (χ0) is 13.0. The normalized spacial score (nSPS) is 9.50. The molecule has 0 aromatic heterocycles. The molecule has 0 spiro atoms. The number of rotatable bonds is 2. The van der Waals surface area contributed by atoms with Gasteiger partial charge in [0.2, 0.25) is 0 Å². The number of primary amides is 1. The summed E-state index contributed by atoms with van der Waals surface area (Å²) in [5.74, 6) is 2.98. The van der Waals surface area contributed by atoms with Crippen LogP contribution >= 0.6 is 0 Å². The molecule has 18 heavy (non-hydrogen) atoms. The van der Waals surface area contributed by atoms with Crippen LogP contribution in [0.15, 0.2) is 48.5 Å². The molecule has 3 nitrogen and oxygen atoms in total. The summed E-state index contributed by atoms with van der Waals surface area (Å²) in [6.45, 7) is 0. The number of hydrogen-bond donors (Lipinski definition) is 1. The van der Waals surface area contributed by atoms with Gasteiger partial charge in [-0.25, -0.2) is 4.79 Å². The molecule has 0 aliphatic rings. The van der Waals surface area contributed by atoms with Gasteiger partial charge >= 0.3 is 6.09 Å². The van der Waals surface area contributed by atoms with Crippen molar-refractivity contribution in [2.45, 2.75) is 0 Å². The van der Waals surface area contributed by atoms with Crippen molar-refractivity contribution in [3.63, 3.8) is 0 Å². The van der Waals surface area contributed by atoms with Gasteiger partial charge in [-0.3, -0.25) is 0 Å². The van der Waals surface area contributed by atoms with E-state index in [4.69, 9.17) is 16.9 Å². The monoisotopic (exact) mass is 237 g/mol. The number of hydrogen-bond acceptors (Lipinski definition) is 2. The predicted octanol–water partition coefficient (Wildman–Crippen LogP) is 2.79. The molecular formula is C15H11NO2. The van der Waals surface area contributed by atoms with Gasteiger partial charge < -0.3 is 10.5 Å². The molecule has 1 amide bonds. The first-order chi connectivity index (χ1) is 8.70. The Balaban J connectivity index is 2.50. The summed E-state index contributed by atoms with van der Waals surface area (Å²) in [5.41, 5.74) is 7.45. The number of carbonyl (C=O) groups is 1. The van der Waals surface area contributed by atoms with Gasteiger partial charge in [0.15, 0.2) is 0 Å². The number of ether oxygens (including phenoxy) is 1. The Hall–Kier alpha value is -2.73. The average Bonchev–Trinajstić information content (AvgIpc) is 2.39. The molecule has 2 aromatic carbocycles. The summed E-state index contributed by atoms with van der Waals surface area (Å²) in [6, 6.07) is 14.6. The standard InChI is InChI=1S/C15H11NO2/c1-2-11-6-5-7-12(10-11)13-8-3-4-9-14(13)18-15(16)17/h1,3-10H,(H2,16,17). The van der Waals surface area contributed by atoms with Crippen molar-refractivity contribution in [2.24, 2.45) is 5.73 Å². The quantitative estimate of drug-likeness (QED) is 0.816. The molecule has 0 unspecified atom stereocenters. The maximum atomic E-state index is 10.8. The van der Waals surface area contributed by atoms with Crippen LogP contribution in [0.5, 0.6) is 5.75 Å². The van der Waals surface area contributed by atoms with Crippen LogP contribution in [-0.2, 0) is 0 Å². The van der Waals surface area contributed by atoms with E-state index in [0.29, 0.717) is 5.75 Å². The molecule has 0 saturated carbocycles. The van der Waals surface area contributed by atoms with Gasteiger partial charge in [-0.05, 0) is 23.8 Å². The zero-order valence-electron chi connectivity index (χ0n) is 9.59. The second kappa shape index (κ2) is 5.07. The van der Waals surface area contributed by atoms with Crippen LogP contribution in [0, 0.1) is 12.3 Å². The van der Waals surface area contributed by atoms with Crippen molar-refractivity contribution in [3.8, 4) is 29.2 Å². The Morgan fingerprint density at radius 3 is 2.67 bits per heavy atom. The minimum Gasteiger partial charge on any atom is -0.410 e. The molecule has 2 N–H and O–H groups in total. The Labute approximate surface area is 105 Å². The molecule has 0 saturated heterocycles. The Bertz CT molecular complexity index is 626. The molecule has 0 fully saturated rings. The highest BCUT2D eigenvalue weighted by atomic mass is 16.5. The number of para-hydroxylation sites is 1. The van der Waals surface area contributed by atoms with Gasteiger partial charge in [0.05, 0.1) is 0 Å². The van der Waals surface area contributed by atoms with E-state index in [1.165, 1.54) is 0 Å². The van der Waals surface area contributed by atoms with E-state index < -0.39 is 6.09 Å². The van der Waals surface area contributed by atoms with E-state index in [-0.39, 0.29) is 0 Å². The van der Waals surface area contributed by atoms with Gasteiger partial charge in [0, 0.05) is 11.1 Å². The smallest absolute Gasteiger partial charge is 0.409 e. The maximum Gasteiger partial charge on any atom is 0.409 e. The molecule has 0 heterocycles. The van der Waals surface area contributed by atoms with Crippen molar-refractivity contribution >= 4 is 6.09 Å². The highest BCUT2D eigenvalue weighted by Gasteiger charge is 2.08. The molecule has 2 rings (SSSR count). The third kappa shape index (κ3) is 2.50. The first-order valence-electron chi connectivity index (χ1n) is 5.34. The summed E-state index contributed by atoms with van der Waals surface area (Å²) < 4.78 is 4.96. The summed E-state index contributed by atoms with van der Waals surface area (Å²) in [4.78, 5) is 10.8. The van der Waals surface area contributed by atoms with E-state index in [9.17, 15) is 4.79 Å². The lowest BCUT2D eigenvalue weighted by atomic mass is 10.0. The fraction of sp³-hybridized carbons (Fsp3) is 0. The zero-order valence-corrected chi connectivity index (χ0v) is 9.59. The maximum absolute atomic E-state index is 10.8. The summed E-state index contributed by atoms with van der Waals surface area (Å²) >= 11 is 0. The Morgan fingerprint density at radius 2 is 1.94 bits per heavy atom. The molecule has 0 aliphatic carbocycles. The van der Waals surface area contributed by atoms with Crippen LogP contribution in [0.3, 0.4) is 0 Å². The lowest BCUT2D eigenvalue weighted by Gasteiger charge is -2.08. The molecule has 3 heteroatoms. The van der Waals surface area contributed by atoms with Crippen molar-refractivity contribution < 1.29 is 9.53 Å². The number of nitrogens with two attached hydrogens (primary N) is 1. The summed E-state index contributed by atoms with van der Waals surface area (Å²) in [7, 11) is 0. The fourth-order valence-corrected chi connectivity index (χ4v) is 1.68. The lowest BCUT2D eigenvalue weighted by molar-refractivity contribution is 0.211. The van der Waals surface area contributed by atoms with Crippen LogP contribution in [-0.4, -0.2) is 6.09 Å².